The van der Waals surface area contributed by atoms with Crippen LogP contribution in [0, 0.1) is 21.8 Å². The second kappa shape index (κ2) is 12.6. The van der Waals surface area contributed by atoms with Crippen molar-refractivity contribution >= 4 is 11.7 Å². The van der Waals surface area contributed by atoms with Crippen LogP contribution >= 0.6 is 0 Å². The summed E-state index contributed by atoms with van der Waals surface area (Å²) in [6, 6.07) is 5.10. The molecule has 4 N–H and O–H groups in total. The van der Waals surface area contributed by atoms with E-state index < -0.39 is 22.8 Å². The maximum absolute atomic E-state index is 13.4. The van der Waals surface area contributed by atoms with Gasteiger partial charge in [-0.1, -0.05) is 19.9 Å². The number of quaternary nitrogens is 1. The minimum atomic E-state index is -0.566. The molecule has 0 saturated carbocycles. The number of rotatable bonds is 12. The van der Waals surface area contributed by atoms with Gasteiger partial charge < -0.3 is 15.4 Å². The molecular weight excluding hydrogens is 383 g/mol. The lowest BCUT2D eigenvalue weighted by atomic mass is 10.0. The molecule has 29 heavy (non-hydrogen) atoms. The number of halogens is 1. The van der Waals surface area contributed by atoms with Crippen molar-refractivity contribution in [3.8, 4) is 0 Å². The van der Waals surface area contributed by atoms with Gasteiger partial charge in [-0.15, -0.1) is 0 Å². The number of hydrogen-bond donors (Lipinski definition) is 3. The molecule has 1 aromatic rings. The van der Waals surface area contributed by atoms with Gasteiger partial charge in [-0.3, -0.25) is 14.9 Å². The summed E-state index contributed by atoms with van der Waals surface area (Å²) < 4.78 is 18.1. The molecule has 0 aliphatic carbocycles. The first kappa shape index (κ1) is 24.2. The van der Waals surface area contributed by atoms with Crippen molar-refractivity contribution in [2.75, 3.05) is 26.1 Å². The number of hydrogen-bond acceptors (Lipinski definition) is 7. The first-order valence-corrected chi connectivity index (χ1v) is 9.02. The van der Waals surface area contributed by atoms with Crippen molar-refractivity contribution in [3.05, 3.63) is 63.9 Å². The molecule has 0 fully saturated rings. The number of anilines is 1. The van der Waals surface area contributed by atoms with Gasteiger partial charge in [0.25, 0.3) is 5.70 Å². The standard InChI is InChI=1S/C19H27FN4O5/c1-13(2)10-17(19(25)28-3)21-9-8-16(24(26)27)12-18(23-29-4)22-15-7-5-6-14(20)11-15/h5-8,11-13,17,21-23H,9-10H2,1-4H3/p+1/b16-8+,18-12-. The Hall–Kier alpha value is -2.82. The average molecular weight is 411 g/mol. The minimum Gasteiger partial charge on any atom is -0.468 e. The highest BCUT2D eigenvalue weighted by Gasteiger charge is 2.20. The lowest BCUT2D eigenvalue weighted by Gasteiger charge is -2.17. The number of nitrogens with two attached hydrogens (primary N) is 1. The van der Waals surface area contributed by atoms with Crippen LogP contribution in [-0.2, 0) is 14.4 Å². The normalized spacial score (nSPS) is 13.3. The third-order valence-corrected chi connectivity index (χ3v) is 3.74. The first-order valence-electron chi connectivity index (χ1n) is 9.02. The van der Waals surface area contributed by atoms with Crippen LogP contribution in [0.1, 0.15) is 20.3 Å². The monoisotopic (exact) mass is 411 g/mol. The smallest absolute Gasteiger partial charge is 0.322 e. The number of nitro groups is 1. The molecule has 0 amide bonds. The topological polar surface area (TPSA) is 119 Å². The lowest BCUT2D eigenvalue weighted by Crippen LogP contribution is -2.82. The molecule has 0 spiro atoms. The van der Waals surface area contributed by atoms with Gasteiger partial charge >= 0.3 is 5.97 Å². The van der Waals surface area contributed by atoms with Crippen LogP contribution in [0.25, 0.3) is 0 Å². The number of nitrogens with one attached hydrogen (secondary N) is 2. The highest BCUT2D eigenvalue weighted by atomic mass is 19.1. The van der Waals surface area contributed by atoms with Crippen molar-refractivity contribution in [1.82, 2.24) is 5.32 Å². The van der Waals surface area contributed by atoms with Gasteiger partial charge in [0.05, 0.1) is 25.2 Å². The highest BCUT2D eigenvalue weighted by Crippen LogP contribution is 2.11. The molecule has 0 aliphatic heterocycles. The van der Waals surface area contributed by atoms with Gasteiger partial charge in [0, 0.05) is 18.3 Å². The highest BCUT2D eigenvalue weighted by molar-refractivity contribution is 5.75. The number of esters is 1. The van der Waals surface area contributed by atoms with Crippen molar-refractivity contribution in [2.24, 2.45) is 5.92 Å². The van der Waals surface area contributed by atoms with Crippen LogP contribution in [0.5, 0.6) is 0 Å². The summed E-state index contributed by atoms with van der Waals surface area (Å²) >= 11 is 0. The average Bonchev–Trinajstić information content (AvgIpc) is 2.65. The van der Waals surface area contributed by atoms with E-state index in [0.29, 0.717) is 12.1 Å². The Morgan fingerprint density at radius 2 is 2.10 bits per heavy atom. The van der Waals surface area contributed by atoms with E-state index in [1.54, 1.807) is 6.07 Å². The molecule has 0 heterocycles. The molecule has 160 valence electrons. The Balaban J connectivity index is 2.96. The van der Waals surface area contributed by atoms with Crippen molar-refractivity contribution in [3.63, 3.8) is 0 Å². The molecule has 9 nitrogen and oxygen atoms in total. The van der Waals surface area contributed by atoms with E-state index in [4.69, 9.17) is 9.57 Å². The summed E-state index contributed by atoms with van der Waals surface area (Å²) in [5.74, 6) is -0.372. The molecule has 0 bridgehead atoms. The van der Waals surface area contributed by atoms with Gasteiger partial charge in [-0.2, -0.15) is 5.48 Å². The number of carbonyl (C=O) groups excluding carboxylic acids is 1. The summed E-state index contributed by atoms with van der Waals surface area (Å²) in [5, 5.41) is 17.2. The zero-order valence-electron chi connectivity index (χ0n) is 17.0. The summed E-state index contributed by atoms with van der Waals surface area (Å²) in [6.07, 6.45) is 3.13. The Bertz CT molecular complexity index is 752. The van der Waals surface area contributed by atoms with E-state index in [0.717, 1.165) is 0 Å². The molecule has 0 saturated heterocycles. The second-order valence-electron chi connectivity index (χ2n) is 6.59. The van der Waals surface area contributed by atoms with E-state index in [1.807, 2.05) is 13.8 Å². The largest absolute Gasteiger partial charge is 0.468 e. The zero-order valence-corrected chi connectivity index (χ0v) is 17.0. The Kier molecular flexibility index (Phi) is 10.5. The molecule has 1 unspecified atom stereocenters. The molecule has 0 aliphatic rings. The third-order valence-electron chi connectivity index (χ3n) is 3.74. The van der Waals surface area contributed by atoms with E-state index in [2.05, 4.69) is 10.6 Å². The molecule has 1 aromatic carbocycles. The summed E-state index contributed by atoms with van der Waals surface area (Å²) in [6.45, 7) is 4.01. The van der Waals surface area contributed by atoms with Gasteiger partial charge in [0.2, 0.25) is 5.82 Å². The third kappa shape index (κ3) is 9.28. The molecule has 1 atom stereocenters. The Morgan fingerprint density at radius 3 is 2.66 bits per heavy atom. The number of methoxy groups -OCH3 is 1. The van der Waals surface area contributed by atoms with Crippen LogP contribution in [0.2, 0.25) is 0 Å². The maximum Gasteiger partial charge on any atom is 0.322 e. The molecule has 0 radical (unpaired) electrons. The van der Waals surface area contributed by atoms with Gasteiger partial charge in [0.1, 0.15) is 11.9 Å². The molecule has 0 aromatic heterocycles. The van der Waals surface area contributed by atoms with Gasteiger partial charge in [-0.05, 0) is 30.5 Å². The fourth-order valence-corrected chi connectivity index (χ4v) is 2.49. The number of carbonyl (C=O) groups is 1. The first-order chi connectivity index (χ1) is 13.8. The summed E-state index contributed by atoms with van der Waals surface area (Å²) in [4.78, 5) is 27.6. The molecule has 1 rings (SSSR count). The summed E-state index contributed by atoms with van der Waals surface area (Å²) in [7, 11) is 2.69. The predicted molar refractivity (Wildman–Crippen MR) is 105 cm³/mol. The van der Waals surface area contributed by atoms with E-state index in [9.17, 15) is 19.3 Å². The van der Waals surface area contributed by atoms with Crippen LogP contribution in [0.15, 0.2) is 47.9 Å². The molecular formula is C19H28FN4O5+. The zero-order chi connectivity index (χ0) is 21.8. The fraction of sp³-hybridized carbons (Fsp3) is 0.421. The van der Waals surface area contributed by atoms with Crippen molar-refractivity contribution < 1.29 is 29.2 Å². The van der Waals surface area contributed by atoms with Crippen LogP contribution in [-0.4, -0.2) is 37.7 Å². The number of ether oxygens (including phenoxy) is 1. The summed E-state index contributed by atoms with van der Waals surface area (Å²) in [5.41, 5.74) is 1.46. The minimum absolute atomic E-state index is 0.0829. The number of hydroxylamine groups is 1. The Morgan fingerprint density at radius 1 is 1.38 bits per heavy atom. The van der Waals surface area contributed by atoms with Crippen LogP contribution in [0.4, 0.5) is 10.1 Å². The van der Waals surface area contributed by atoms with Crippen molar-refractivity contribution in [1.29, 1.82) is 0 Å². The van der Waals surface area contributed by atoms with E-state index in [-0.39, 0.29) is 24.0 Å². The van der Waals surface area contributed by atoms with Crippen LogP contribution < -0.4 is 16.1 Å². The SMILES string of the molecule is CO[NH2+]/C(=C\C(=C/CNC(CC(C)C)C(=O)OC)[N+](=O)[O-])Nc1cccc(F)c1. The van der Waals surface area contributed by atoms with Crippen molar-refractivity contribution in [2.45, 2.75) is 26.3 Å². The maximum atomic E-state index is 13.4. The predicted octanol–water partition coefficient (Wildman–Crippen LogP) is 1.54. The lowest BCUT2D eigenvalue weighted by molar-refractivity contribution is -0.853. The van der Waals surface area contributed by atoms with E-state index >= 15 is 0 Å². The fourth-order valence-electron chi connectivity index (χ4n) is 2.49. The molecule has 10 heteroatoms. The number of benzene rings is 1. The van der Waals surface area contributed by atoms with Crippen LogP contribution in [0.3, 0.4) is 0 Å². The quantitative estimate of drug-likeness (QED) is 0.207. The second-order valence-corrected chi connectivity index (χ2v) is 6.59. The number of nitrogens with zero attached hydrogens (tertiary/aromatic N) is 1. The Labute approximate surface area is 169 Å². The van der Waals surface area contributed by atoms with Gasteiger partial charge in [-0.25, -0.2) is 9.23 Å². The number of allylic oxidation sites excluding steroid dienone is 1. The van der Waals surface area contributed by atoms with E-state index in [1.165, 1.54) is 50.1 Å². The van der Waals surface area contributed by atoms with Gasteiger partial charge in [0.15, 0.2) is 0 Å².